The molecule has 6 nitrogen and oxygen atoms in total. The monoisotopic (exact) mass is 419 g/mol. The van der Waals surface area contributed by atoms with E-state index in [1.807, 2.05) is 6.07 Å². The normalized spacial score (nSPS) is 11.2. The van der Waals surface area contributed by atoms with Gasteiger partial charge < -0.3 is 5.32 Å². The number of amides is 1. The summed E-state index contributed by atoms with van der Waals surface area (Å²) in [4.78, 5) is 12.6. The maximum Gasteiger partial charge on any atom is 0.258 e. The third-order valence-corrected chi connectivity index (χ3v) is 5.24. The van der Waals surface area contributed by atoms with Gasteiger partial charge in [0, 0.05) is 21.7 Å². The second-order valence-corrected chi connectivity index (χ2v) is 8.00. The lowest BCUT2D eigenvalue weighted by Crippen LogP contribution is -2.34. The first kappa shape index (κ1) is 19.2. The van der Waals surface area contributed by atoms with Gasteiger partial charge in [-0.15, -0.1) is 0 Å². The van der Waals surface area contributed by atoms with Gasteiger partial charge in [-0.2, -0.15) is 0 Å². The van der Waals surface area contributed by atoms with Crippen molar-refractivity contribution in [2.75, 3.05) is 5.32 Å². The van der Waals surface area contributed by atoms with Crippen molar-refractivity contribution < 1.29 is 13.2 Å². The highest BCUT2D eigenvalue weighted by atomic mass is 35.5. The Morgan fingerprint density at radius 1 is 0.963 bits per heavy atom. The molecule has 4 N–H and O–H groups in total. The van der Waals surface area contributed by atoms with Crippen LogP contribution in [0, 0.1) is 0 Å². The fraction of sp³-hybridized carbons (Fsp3) is 0. The van der Waals surface area contributed by atoms with Gasteiger partial charge in [0.2, 0.25) is 10.0 Å². The summed E-state index contributed by atoms with van der Waals surface area (Å²) >= 11 is 11.3. The third-order valence-electron chi connectivity index (χ3n) is 3.78. The van der Waals surface area contributed by atoms with E-state index >= 15 is 0 Å². The van der Waals surface area contributed by atoms with Crippen LogP contribution in [0.15, 0.2) is 65.6 Å². The minimum Gasteiger partial charge on any atom is -0.332 e. The second kappa shape index (κ2) is 7.61. The summed E-state index contributed by atoms with van der Waals surface area (Å²) in [6.45, 7) is 0. The summed E-state index contributed by atoms with van der Waals surface area (Å²) in [5.41, 5.74) is 0.942. The Morgan fingerprint density at radius 2 is 1.59 bits per heavy atom. The van der Waals surface area contributed by atoms with E-state index in [1.54, 1.807) is 30.3 Å². The van der Waals surface area contributed by atoms with Crippen LogP contribution >= 0.6 is 23.8 Å². The van der Waals surface area contributed by atoms with E-state index in [9.17, 15) is 13.2 Å². The van der Waals surface area contributed by atoms with E-state index in [0.29, 0.717) is 21.7 Å². The topological polar surface area (TPSA) is 101 Å². The molecular weight excluding hydrogens is 406 g/mol. The minimum atomic E-state index is -3.77. The highest BCUT2D eigenvalue weighted by Gasteiger charge is 2.13. The van der Waals surface area contributed by atoms with Gasteiger partial charge >= 0.3 is 0 Å². The molecule has 3 aromatic rings. The zero-order valence-corrected chi connectivity index (χ0v) is 16.2. The van der Waals surface area contributed by atoms with Crippen molar-refractivity contribution in [3.05, 3.63) is 71.2 Å². The largest absolute Gasteiger partial charge is 0.332 e. The number of primary sulfonamides is 1. The van der Waals surface area contributed by atoms with Crippen molar-refractivity contribution in [2.45, 2.75) is 4.90 Å². The Balaban J connectivity index is 1.75. The molecule has 0 unspecified atom stereocenters. The molecule has 138 valence electrons. The maximum absolute atomic E-state index is 12.6. The van der Waals surface area contributed by atoms with Crippen LogP contribution in [0.1, 0.15) is 10.4 Å². The van der Waals surface area contributed by atoms with Gasteiger partial charge in [0.15, 0.2) is 5.11 Å². The van der Waals surface area contributed by atoms with E-state index in [0.717, 1.165) is 5.39 Å². The van der Waals surface area contributed by atoms with Crippen LogP contribution in [0.5, 0.6) is 0 Å². The first-order valence-electron chi connectivity index (χ1n) is 7.68. The lowest BCUT2D eigenvalue weighted by Gasteiger charge is -2.11. The predicted molar refractivity (Wildman–Crippen MR) is 110 cm³/mol. The number of rotatable bonds is 3. The molecule has 0 saturated heterocycles. The van der Waals surface area contributed by atoms with E-state index in [1.165, 1.54) is 24.3 Å². The summed E-state index contributed by atoms with van der Waals surface area (Å²) in [6.07, 6.45) is 0. The zero-order chi connectivity index (χ0) is 19.6. The molecule has 0 aliphatic heterocycles. The van der Waals surface area contributed by atoms with Gasteiger partial charge in [-0.05, 0) is 54.0 Å². The molecule has 0 fully saturated rings. The molecule has 0 spiro atoms. The van der Waals surface area contributed by atoms with Crippen molar-refractivity contribution in [3.63, 3.8) is 0 Å². The molecule has 0 radical (unpaired) electrons. The first-order valence-corrected chi connectivity index (χ1v) is 10.0. The summed E-state index contributed by atoms with van der Waals surface area (Å²) in [6, 6.07) is 16.3. The van der Waals surface area contributed by atoms with Crippen LogP contribution in [0.2, 0.25) is 5.02 Å². The molecule has 1 amide bonds. The summed E-state index contributed by atoms with van der Waals surface area (Å²) in [7, 11) is -3.77. The highest BCUT2D eigenvalue weighted by molar-refractivity contribution is 7.89. The number of carbonyl (C=O) groups is 1. The number of benzene rings is 3. The van der Waals surface area contributed by atoms with E-state index in [4.69, 9.17) is 29.0 Å². The molecular formula is C18H14ClN3O3S2. The standard InChI is InChI=1S/C18H14ClN3O3S2/c19-16-6-2-3-13-14(16)4-1-5-15(13)17(23)22-18(26)21-11-7-9-12(10-8-11)27(20,24)25/h1-10H,(H2,20,24,25)(H2,21,22,23,26). The number of hydrogen-bond donors (Lipinski definition) is 3. The van der Waals surface area contributed by atoms with Crippen LogP contribution in [0.25, 0.3) is 10.8 Å². The van der Waals surface area contributed by atoms with Gasteiger partial charge in [0.25, 0.3) is 5.91 Å². The van der Waals surface area contributed by atoms with Crippen molar-refractivity contribution in [1.29, 1.82) is 0 Å². The van der Waals surface area contributed by atoms with Gasteiger partial charge in [-0.25, -0.2) is 13.6 Å². The van der Waals surface area contributed by atoms with E-state index in [2.05, 4.69) is 10.6 Å². The Kier molecular flexibility index (Phi) is 5.43. The van der Waals surface area contributed by atoms with Crippen molar-refractivity contribution in [1.82, 2.24) is 5.32 Å². The molecule has 0 atom stereocenters. The van der Waals surface area contributed by atoms with Crippen molar-refractivity contribution in [2.24, 2.45) is 5.14 Å². The number of sulfonamides is 1. The molecule has 3 rings (SSSR count). The number of halogens is 1. The molecule has 27 heavy (non-hydrogen) atoms. The number of hydrogen-bond acceptors (Lipinski definition) is 4. The Bertz CT molecular complexity index is 1150. The molecule has 3 aromatic carbocycles. The molecule has 0 aliphatic rings. The third kappa shape index (κ3) is 4.42. The smallest absolute Gasteiger partial charge is 0.258 e. The van der Waals surface area contributed by atoms with Gasteiger partial charge in [0.05, 0.1) is 4.90 Å². The average Bonchev–Trinajstić information content (AvgIpc) is 2.61. The molecule has 0 aliphatic carbocycles. The van der Waals surface area contributed by atoms with Crippen molar-refractivity contribution in [3.8, 4) is 0 Å². The van der Waals surface area contributed by atoms with Crippen LogP contribution in [0.4, 0.5) is 5.69 Å². The van der Waals surface area contributed by atoms with Crippen molar-refractivity contribution >= 4 is 61.3 Å². The van der Waals surface area contributed by atoms with Gasteiger partial charge in [-0.1, -0.05) is 35.9 Å². The Labute approximate surface area is 166 Å². The second-order valence-electron chi connectivity index (χ2n) is 5.62. The fourth-order valence-corrected chi connectivity index (χ4v) is 3.49. The Morgan fingerprint density at radius 3 is 2.26 bits per heavy atom. The number of fused-ring (bicyclic) bond motifs is 1. The van der Waals surface area contributed by atoms with E-state index < -0.39 is 10.0 Å². The average molecular weight is 420 g/mol. The number of nitrogens with one attached hydrogen (secondary N) is 2. The molecule has 0 bridgehead atoms. The molecule has 9 heteroatoms. The maximum atomic E-state index is 12.6. The van der Waals surface area contributed by atoms with Gasteiger partial charge in [-0.3, -0.25) is 10.1 Å². The molecule has 0 heterocycles. The molecule has 0 aromatic heterocycles. The number of anilines is 1. The van der Waals surface area contributed by atoms with Crippen LogP contribution in [-0.2, 0) is 10.0 Å². The van der Waals surface area contributed by atoms with Crippen LogP contribution < -0.4 is 15.8 Å². The van der Waals surface area contributed by atoms with E-state index in [-0.39, 0.29) is 15.9 Å². The quantitative estimate of drug-likeness (QED) is 0.565. The number of carbonyl (C=O) groups excluding carboxylic acids is 1. The lowest BCUT2D eigenvalue weighted by molar-refractivity contribution is 0.0979. The fourth-order valence-electron chi connectivity index (χ4n) is 2.53. The summed E-state index contributed by atoms with van der Waals surface area (Å²) in [5, 5.41) is 12.6. The zero-order valence-electron chi connectivity index (χ0n) is 13.8. The highest BCUT2D eigenvalue weighted by Crippen LogP contribution is 2.25. The van der Waals surface area contributed by atoms with Crippen LogP contribution in [0.3, 0.4) is 0 Å². The molecule has 0 saturated carbocycles. The Hall–Kier alpha value is -2.52. The lowest BCUT2D eigenvalue weighted by atomic mass is 10.0. The SMILES string of the molecule is NS(=O)(=O)c1ccc(NC(=S)NC(=O)c2cccc3c(Cl)cccc23)cc1. The van der Waals surface area contributed by atoms with Gasteiger partial charge in [0.1, 0.15) is 0 Å². The van der Waals surface area contributed by atoms with Crippen LogP contribution in [-0.4, -0.2) is 19.4 Å². The first-order chi connectivity index (χ1) is 12.8. The minimum absolute atomic E-state index is 0.0179. The summed E-state index contributed by atoms with van der Waals surface area (Å²) < 4.78 is 22.5. The number of nitrogens with two attached hydrogens (primary N) is 1. The predicted octanol–water partition coefficient (Wildman–Crippen LogP) is 3.27. The summed E-state index contributed by atoms with van der Waals surface area (Å²) in [5.74, 6) is -0.387. The number of thiocarbonyl (C=S) groups is 1.